The summed E-state index contributed by atoms with van der Waals surface area (Å²) in [5.74, 6) is 0. The molecule has 0 unspecified atom stereocenters. The summed E-state index contributed by atoms with van der Waals surface area (Å²) >= 11 is 0. The molecule has 7 rings (SSSR count). The molecule has 0 aliphatic rings. The number of pyridine rings is 6. The Hall–Kier alpha value is -6.40. The summed E-state index contributed by atoms with van der Waals surface area (Å²) in [6.45, 7) is 10.2. The lowest BCUT2D eigenvalue weighted by Crippen LogP contribution is -2.04. The van der Waals surface area contributed by atoms with Crippen LogP contribution in [0.4, 0.5) is 0 Å². The van der Waals surface area contributed by atoms with Gasteiger partial charge >= 0.3 is 0 Å². The van der Waals surface area contributed by atoms with Crippen LogP contribution in [0.25, 0.3) is 66.8 Å². The molecule has 6 aromatic heterocycles. The molecule has 248 valence electrons. The first kappa shape index (κ1) is 33.1. The van der Waals surface area contributed by atoms with Crippen molar-refractivity contribution >= 4 is 0 Å². The zero-order valence-corrected chi connectivity index (χ0v) is 28.7. The van der Waals surface area contributed by atoms with E-state index in [0.29, 0.717) is 12.8 Å². The summed E-state index contributed by atoms with van der Waals surface area (Å²) in [5, 5.41) is 0. The van der Waals surface area contributed by atoms with Gasteiger partial charge in [-0.05, 0) is 146 Å². The van der Waals surface area contributed by atoms with Crippen LogP contribution < -0.4 is 0 Å². The van der Waals surface area contributed by atoms with Crippen molar-refractivity contribution in [3.8, 4) is 66.8 Å². The first-order valence-electron chi connectivity index (χ1n) is 17.2. The maximum Gasteiger partial charge on any atom is 0.0447 e. The lowest BCUT2D eigenvalue weighted by atomic mass is 9.74. The second-order valence-electron chi connectivity index (χ2n) is 12.3. The van der Waals surface area contributed by atoms with Crippen molar-refractivity contribution < 1.29 is 0 Å². The molecule has 0 N–H and O–H groups in total. The van der Waals surface area contributed by atoms with Crippen molar-refractivity contribution in [2.24, 2.45) is 0 Å². The third-order valence-corrected chi connectivity index (χ3v) is 8.94. The summed E-state index contributed by atoms with van der Waals surface area (Å²) in [5.41, 5.74) is 15.8. The van der Waals surface area contributed by atoms with Gasteiger partial charge < -0.3 is 0 Å². The molecular formula is C45H38N6. The van der Waals surface area contributed by atoms with Crippen LogP contribution in [0, 0.1) is 0 Å². The Morgan fingerprint density at radius 1 is 0.412 bits per heavy atom. The highest BCUT2D eigenvalue weighted by atomic mass is 14.7. The Labute approximate surface area is 299 Å². The highest BCUT2D eigenvalue weighted by Crippen LogP contribution is 2.55. The van der Waals surface area contributed by atoms with Crippen molar-refractivity contribution in [2.45, 2.75) is 32.6 Å². The van der Waals surface area contributed by atoms with E-state index >= 15 is 0 Å². The molecule has 0 amide bonds. The molecule has 0 fully saturated rings. The van der Waals surface area contributed by atoms with E-state index < -0.39 is 0 Å². The van der Waals surface area contributed by atoms with E-state index in [9.17, 15) is 0 Å². The quantitative estimate of drug-likeness (QED) is 0.121. The van der Waals surface area contributed by atoms with Crippen LogP contribution >= 0.6 is 0 Å². The van der Waals surface area contributed by atoms with Crippen LogP contribution in [-0.2, 0) is 19.3 Å². The molecule has 0 radical (unpaired) electrons. The predicted molar refractivity (Wildman–Crippen MR) is 208 cm³/mol. The van der Waals surface area contributed by atoms with Gasteiger partial charge in [-0.2, -0.15) is 0 Å². The number of nitrogens with zero attached hydrogens (tertiary/aromatic N) is 6. The lowest BCUT2D eigenvalue weighted by Gasteiger charge is -2.29. The Morgan fingerprint density at radius 2 is 0.706 bits per heavy atom. The molecule has 1 aromatic carbocycles. The lowest BCUT2D eigenvalue weighted by molar-refractivity contribution is 0.883. The molecule has 51 heavy (non-hydrogen) atoms. The number of hydrogen-bond acceptors (Lipinski definition) is 6. The number of aryl methyl sites for hydroxylation is 1. The third-order valence-electron chi connectivity index (χ3n) is 8.94. The maximum absolute atomic E-state index is 4.79. The highest BCUT2D eigenvalue weighted by molar-refractivity contribution is 6.15. The van der Waals surface area contributed by atoms with E-state index in [-0.39, 0.29) is 0 Å². The van der Waals surface area contributed by atoms with Crippen LogP contribution in [-0.4, -0.2) is 29.9 Å². The van der Waals surface area contributed by atoms with Crippen molar-refractivity contribution in [3.05, 3.63) is 171 Å². The zero-order valence-electron chi connectivity index (χ0n) is 28.7. The van der Waals surface area contributed by atoms with Gasteiger partial charge in [-0.1, -0.05) is 25.5 Å². The molecular weight excluding hydrogens is 625 g/mol. The van der Waals surface area contributed by atoms with Crippen LogP contribution in [0.3, 0.4) is 0 Å². The number of allylic oxidation sites excluding steroid dienone is 2. The van der Waals surface area contributed by atoms with Crippen molar-refractivity contribution in [1.82, 2.24) is 29.9 Å². The topological polar surface area (TPSA) is 77.3 Å². The van der Waals surface area contributed by atoms with Crippen LogP contribution in [0.15, 0.2) is 154 Å². The van der Waals surface area contributed by atoms with Gasteiger partial charge in [0.2, 0.25) is 0 Å². The fourth-order valence-corrected chi connectivity index (χ4v) is 6.85. The van der Waals surface area contributed by atoms with Crippen LogP contribution in [0.5, 0.6) is 0 Å². The minimum absolute atomic E-state index is 0.651. The van der Waals surface area contributed by atoms with Crippen LogP contribution in [0.1, 0.15) is 30.4 Å². The molecule has 6 nitrogen and oxygen atoms in total. The van der Waals surface area contributed by atoms with Gasteiger partial charge in [-0.3, -0.25) is 29.9 Å². The van der Waals surface area contributed by atoms with Gasteiger partial charge in [0.15, 0.2) is 0 Å². The summed E-state index contributed by atoms with van der Waals surface area (Å²) in [7, 11) is 0. The summed E-state index contributed by atoms with van der Waals surface area (Å²) in [6.07, 6.45) is 23.9. The first-order valence-corrected chi connectivity index (χ1v) is 17.2. The molecule has 0 atom stereocenters. The molecule has 0 spiro atoms. The average Bonchev–Trinajstić information content (AvgIpc) is 3.18. The third kappa shape index (κ3) is 6.90. The molecule has 0 saturated heterocycles. The monoisotopic (exact) mass is 662 g/mol. The van der Waals surface area contributed by atoms with E-state index in [1.807, 2.05) is 67.9 Å². The van der Waals surface area contributed by atoms with Gasteiger partial charge in [0.05, 0.1) is 0 Å². The molecule has 0 aliphatic carbocycles. The molecule has 7 aromatic rings. The average molecular weight is 663 g/mol. The fourth-order valence-electron chi connectivity index (χ4n) is 6.85. The molecule has 0 saturated carbocycles. The number of aromatic nitrogens is 6. The number of hydrogen-bond donors (Lipinski definition) is 0. The molecule has 6 heterocycles. The molecule has 0 aliphatic heterocycles. The summed E-state index contributed by atoms with van der Waals surface area (Å²) in [6, 6.07) is 25.6. The standard InChI is InChI=1S/C45H38N6/c1-4-7-37-28-34(16-25-49-37)43-40(31-10-19-46-20-11-31)44(35-17-26-50-38(29-35)8-5-2)42(33-14-23-48-24-15-33)45(41(43)32-12-21-47-22-13-32)36-18-27-51-39(30-36)9-6-3/h4-5,10-30H,1-2,6-9H2,3H3. The Morgan fingerprint density at radius 3 is 1.04 bits per heavy atom. The van der Waals surface area contributed by atoms with Crippen molar-refractivity contribution in [3.63, 3.8) is 0 Å². The van der Waals surface area contributed by atoms with Crippen molar-refractivity contribution in [1.29, 1.82) is 0 Å². The van der Waals surface area contributed by atoms with E-state index in [2.05, 4.69) is 108 Å². The van der Waals surface area contributed by atoms with Gasteiger partial charge in [-0.25, -0.2) is 0 Å². The van der Waals surface area contributed by atoms with Crippen LogP contribution in [0.2, 0.25) is 0 Å². The highest BCUT2D eigenvalue weighted by Gasteiger charge is 2.29. The van der Waals surface area contributed by atoms with E-state index in [4.69, 9.17) is 15.0 Å². The Bertz CT molecular complexity index is 2180. The summed E-state index contributed by atoms with van der Waals surface area (Å²) < 4.78 is 0. The Kier molecular flexibility index (Phi) is 10.0. The minimum atomic E-state index is 0.651. The van der Waals surface area contributed by atoms with E-state index in [1.54, 1.807) is 0 Å². The van der Waals surface area contributed by atoms with E-state index in [0.717, 1.165) is 96.7 Å². The van der Waals surface area contributed by atoms with Crippen molar-refractivity contribution in [2.75, 3.05) is 0 Å². The smallest absolute Gasteiger partial charge is 0.0447 e. The summed E-state index contributed by atoms with van der Waals surface area (Å²) in [4.78, 5) is 27.6. The minimum Gasteiger partial charge on any atom is -0.265 e. The predicted octanol–water partition coefficient (Wildman–Crippen LogP) is 10.5. The number of benzene rings is 1. The largest absolute Gasteiger partial charge is 0.265 e. The first-order chi connectivity index (χ1) is 25.2. The van der Waals surface area contributed by atoms with E-state index in [1.165, 1.54) is 0 Å². The zero-order chi connectivity index (χ0) is 35.0. The number of rotatable bonds is 12. The molecule has 0 bridgehead atoms. The molecule has 6 heteroatoms. The van der Waals surface area contributed by atoms with Gasteiger partial charge in [-0.15, -0.1) is 13.2 Å². The fraction of sp³-hybridized carbons (Fsp3) is 0.111. The second-order valence-corrected chi connectivity index (χ2v) is 12.3. The van der Waals surface area contributed by atoms with Gasteiger partial charge in [0, 0.05) is 85.7 Å². The Balaban J connectivity index is 1.80. The SMILES string of the molecule is C=CCc1cc(-c2c(-c3ccncc3)c(-c3ccnc(CC=C)c3)c(-c3ccncc3)c(-c3ccnc(CCC)c3)c2-c2ccncc2)ccn1. The van der Waals surface area contributed by atoms with Gasteiger partial charge in [0.25, 0.3) is 0 Å². The second kappa shape index (κ2) is 15.4. The normalized spacial score (nSPS) is 10.9. The maximum atomic E-state index is 4.79. The van der Waals surface area contributed by atoms with Gasteiger partial charge in [0.1, 0.15) is 0 Å².